The Morgan fingerprint density at radius 3 is 2.53 bits per heavy atom. The highest BCUT2D eigenvalue weighted by Gasteiger charge is 2.32. The Kier molecular flexibility index (Phi) is 9.59. The minimum absolute atomic E-state index is 0.0230. The van der Waals surface area contributed by atoms with Crippen molar-refractivity contribution in [3.05, 3.63) is 89.5 Å². The summed E-state index contributed by atoms with van der Waals surface area (Å²) in [6.45, 7) is 3.10. The van der Waals surface area contributed by atoms with Crippen molar-refractivity contribution >= 4 is 28.0 Å². The molecule has 0 bridgehead atoms. The van der Waals surface area contributed by atoms with Gasteiger partial charge in [0.05, 0.1) is 23.9 Å². The maximum atomic E-state index is 15.4. The van der Waals surface area contributed by atoms with Crippen molar-refractivity contribution in [1.29, 1.82) is 0 Å². The zero-order valence-electron chi connectivity index (χ0n) is 25.9. The molecule has 2 aliphatic heterocycles. The predicted octanol–water partition coefficient (Wildman–Crippen LogP) is 7.57. The molecular formula is C36H34F4N4O3. The first-order valence-corrected chi connectivity index (χ1v) is 15.7. The molecule has 0 aliphatic carbocycles. The van der Waals surface area contributed by atoms with E-state index in [4.69, 9.17) is 9.47 Å². The fourth-order valence-electron chi connectivity index (χ4n) is 6.26. The number of pyridine rings is 1. The van der Waals surface area contributed by atoms with Crippen LogP contribution in [0.2, 0.25) is 0 Å². The van der Waals surface area contributed by atoms with Gasteiger partial charge in [-0.1, -0.05) is 42.3 Å². The monoisotopic (exact) mass is 646 g/mol. The number of amides is 1. The van der Waals surface area contributed by atoms with Gasteiger partial charge in [-0.2, -0.15) is 17.6 Å². The van der Waals surface area contributed by atoms with Crippen molar-refractivity contribution in [2.45, 2.75) is 64.0 Å². The van der Waals surface area contributed by atoms with Gasteiger partial charge in [-0.05, 0) is 85.4 Å². The SMILES string of the molecule is CC#CC(=O)N1CCC[C@@H](Oc2ccc(/C(=C(/CC(F)(F)F)c3ccccc3)c3ccc4c(c3)c(F)nn4C3CCCCO3)cn2)C1. The highest BCUT2D eigenvalue weighted by molar-refractivity contribution is 6.00. The smallest absolute Gasteiger partial charge is 0.393 e. The number of carbonyl (C=O) groups is 1. The van der Waals surface area contributed by atoms with E-state index in [1.165, 1.54) is 10.9 Å². The second-order valence-electron chi connectivity index (χ2n) is 11.7. The molecule has 2 aliphatic rings. The van der Waals surface area contributed by atoms with Gasteiger partial charge in [0.2, 0.25) is 11.8 Å². The van der Waals surface area contributed by atoms with E-state index >= 15 is 4.39 Å². The van der Waals surface area contributed by atoms with E-state index in [0.717, 1.165) is 19.3 Å². The summed E-state index contributed by atoms with van der Waals surface area (Å²) >= 11 is 0. The zero-order valence-corrected chi connectivity index (χ0v) is 25.9. The lowest BCUT2D eigenvalue weighted by Gasteiger charge is -2.31. The lowest BCUT2D eigenvalue weighted by Crippen LogP contribution is -2.44. The van der Waals surface area contributed by atoms with Crippen LogP contribution in [0.5, 0.6) is 5.88 Å². The van der Waals surface area contributed by atoms with Crippen molar-refractivity contribution in [1.82, 2.24) is 19.7 Å². The molecule has 2 aromatic heterocycles. The van der Waals surface area contributed by atoms with Crippen LogP contribution in [0, 0.1) is 17.8 Å². The Hall–Kier alpha value is -4.69. The summed E-state index contributed by atoms with van der Waals surface area (Å²) < 4.78 is 71.3. The standard InChI is InChI=1S/C36H34F4N4O3/c1-2-9-32(45)43-18-8-12-27(23-43)47-31-17-15-26(22-41-31)34(29(21-36(38,39)40)24-10-4-3-5-11-24)25-14-16-30-28(20-25)35(37)42-44(30)33-13-6-7-19-46-33/h3-5,10-11,14-17,20,22,27,33H,6-8,12-13,18-19,21,23H2,1H3/b34-29-/t27-,33?/m1/s1. The molecule has 2 fully saturated rings. The van der Waals surface area contributed by atoms with Crippen LogP contribution in [-0.4, -0.2) is 57.5 Å². The fourth-order valence-corrected chi connectivity index (χ4v) is 6.26. The Morgan fingerprint density at radius 2 is 1.83 bits per heavy atom. The lowest BCUT2D eigenvalue weighted by atomic mass is 9.88. The number of allylic oxidation sites excluding steroid dienone is 1. The van der Waals surface area contributed by atoms with Gasteiger partial charge in [0.1, 0.15) is 6.10 Å². The van der Waals surface area contributed by atoms with Gasteiger partial charge in [0.15, 0.2) is 6.23 Å². The molecule has 0 saturated carbocycles. The molecule has 6 rings (SSSR count). The molecule has 11 heteroatoms. The molecule has 7 nitrogen and oxygen atoms in total. The average Bonchev–Trinajstić information content (AvgIpc) is 3.41. The number of hydrogen-bond acceptors (Lipinski definition) is 5. The quantitative estimate of drug-likeness (QED) is 0.118. The molecule has 4 heterocycles. The van der Waals surface area contributed by atoms with Gasteiger partial charge < -0.3 is 14.4 Å². The van der Waals surface area contributed by atoms with Crippen molar-refractivity contribution < 1.29 is 31.8 Å². The first-order chi connectivity index (χ1) is 22.7. The average molecular weight is 647 g/mol. The minimum Gasteiger partial charge on any atom is -0.472 e. The second kappa shape index (κ2) is 14.0. The van der Waals surface area contributed by atoms with Crippen molar-refractivity contribution in [2.75, 3.05) is 19.7 Å². The normalized spacial score (nSPS) is 19.1. The lowest BCUT2D eigenvalue weighted by molar-refractivity contribution is -0.127. The molecule has 1 unspecified atom stereocenters. The predicted molar refractivity (Wildman–Crippen MR) is 169 cm³/mol. The molecule has 0 radical (unpaired) electrons. The van der Waals surface area contributed by atoms with E-state index in [-0.39, 0.29) is 34.4 Å². The highest BCUT2D eigenvalue weighted by atomic mass is 19.4. The van der Waals surface area contributed by atoms with E-state index in [9.17, 15) is 18.0 Å². The fraction of sp³-hybridized carbons (Fsp3) is 0.361. The van der Waals surface area contributed by atoms with Gasteiger partial charge in [-0.25, -0.2) is 9.67 Å². The molecule has 2 aromatic carbocycles. The van der Waals surface area contributed by atoms with E-state index in [1.54, 1.807) is 72.5 Å². The zero-order chi connectivity index (χ0) is 33.0. The molecule has 1 amide bonds. The number of nitrogens with zero attached hydrogens (tertiary/aromatic N) is 4. The highest BCUT2D eigenvalue weighted by Crippen LogP contribution is 2.40. The van der Waals surface area contributed by atoms with E-state index in [2.05, 4.69) is 21.9 Å². The van der Waals surface area contributed by atoms with Crippen LogP contribution in [0.4, 0.5) is 17.6 Å². The number of alkyl halides is 3. The Labute approximate surface area is 270 Å². The van der Waals surface area contributed by atoms with E-state index in [1.807, 2.05) is 0 Å². The molecule has 2 atom stereocenters. The largest absolute Gasteiger partial charge is 0.472 e. The van der Waals surface area contributed by atoms with Gasteiger partial charge in [-0.3, -0.25) is 4.79 Å². The first-order valence-electron chi connectivity index (χ1n) is 15.7. The summed E-state index contributed by atoms with van der Waals surface area (Å²) in [5, 5.41) is 4.30. The Bertz CT molecular complexity index is 1820. The summed E-state index contributed by atoms with van der Waals surface area (Å²) in [7, 11) is 0. The number of piperidine rings is 1. The van der Waals surface area contributed by atoms with Crippen molar-refractivity contribution in [2.24, 2.45) is 0 Å². The number of hydrogen-bond donors (Lipinski definition) is 0. The van der Waals surface area contributed by atoms with Crippen LogP contribution in [-0.2, 0) is 9.53 Å². The van der Waals surface area contributed by atoms with Gasteiger partial charge >= 0.3 is 6.18 Å². The number of ether oxygens (including phenoxy) is 2. The number of aromatic nitrogens is 3. The first kappa shape index (κ1) is 32.3. The molecule has 244 valence electrons. The van der Waals surface area contributed by atoms with Gasteiger partial charge in [0.25, 0.3) is 5.91 Å². The Balaban J connectivity index is 1.40. The summed E-state index contributed by atoms with van der Waals surface area (Å²) in [4.78, 5) is 18.4. The van der Waals surface area contributed by atoms with E-state index < -0.39 is 24.8 Å². The van der Waals surface area contributed by atoms with Crippen molar-refractivity contribution in [3.63, 3.8) is 0 Å². The summed E-state index contributed by atoms with van der Waals surface area (Å²) in [5.74, 6) is 4.47. The number of carbonyl (C=O) groups excluding carboxylic acids is 1. The molecule has 2 saturated heterocycles. The van der Waals surface area contributed by atoms with Gasteiger partial charge in [-0.15, -0.1) is 5.10 Å². The van der Waals surface area contributed by atoms with Crippen LogP contribution in [0.15, 0.2) is 66.9 Å². The summed E-state index contributed by atoms with van der Waals surface area (Å²) in [6, 6.07) is 16.5. The molecule has 4 aromatic rings. The Morgan fingerprint density at radius 1 is 1.02 bits per heavy atom. The number of fused-ring (bicyclic) bond motifs is 1. The minimum atomic E-state index is -4.53. The van der Waals surface area contributed by atoms with Crippen molar-refractivity contribution in [3.8, 4) is 17.7 Å². The van der Waals surface area contributed by atoms with E-state index in [0.29, 0.717) is 54.7 Å². The molecule has 0 spiro atoms. The second-order valence-corrected chi connectivity index (χ2v) is 11.7. The van der Waals surface area contributed by atoms with Crippen LogP contribution in [0.25, 0.3) is 22.0 Å². The van der Waals surface area contributed by atoms with Gasteiger partial charge in [0, 0.05) is 31.0 Å². The number of rotatable bonds is 7. The number of benzene rings is 2. The van der Waals surface area contributed by atoms with Crippen LogP contribution in [0.1, 0.15) is 68.4 Å². The number of halogens is 4. The summed E-state index contributed by atoms with van der Waals surface area (Å²) in [6.07, 6.45) is -0.999. The maximum Gasteiger partial charge on any atom is 0.393 e. The third kappa shape index (κ3) is 7.49. The topological polar surface area (TPSA) is 69.5 Å². The third-order valence-electron chi connectivity index (χ3n) is 8.39. The number of likely N-dealkylation sites (tertiary alicyclic amines) is 1. The molecule has 0 N–H and O–H groups in total. The molecule has 47 heavy (non-hydrogen) atoms. The van der Waals surface area contributed by atoms with Crippen LogP contribution in [0.3, 0.4) is 0 Å². The van der Waals surface area contributed by atoms with Crippen LogP contribution >= 0.6 is 0 Å². The van der Waals surface area contributed by atoms with Crippen LogP contribution < -0.4 is 4.74 Å². The maximum absolute atomic E-state index is 15.4. The third-order valence-corrected chi connectivity index (χ3v) is 8.39. The summed E-state index contributed by atoms with van der Waals surface area (Å²) in [5.41, 5.74) is 1.97. The molecular weight excluding hydrogens is 612 g/mol.